The monoisotopic (exact) mass is 389 g/mol. The molecule has 0 spiro atoms. The van der Waals surface area contributed by atoms with Gasteiger partial charge in [0.15, 0.2) is 16.9 Å². The van der Waals surface area contributed by atoms with Crippen LogP contribution in [0.2, 0.25) is 0 Å². The Labute approximate surface area is 158 Å². The van der Waals surface area contributed by atoms with Crippen LogP contribution in [0.5, 0.6) is 5.75 Å². The van der Waals surface area contributed by atoms with E-state index in [4.69, 9.17) is 4.42 Å². The molecule has 142 valence electrons. The van der Waals surface area contributed by atoms with Crippen molar-refractivity contribution in [2.24, 2.45) is 4.99 Å². The lowest BCUT2D eigenvalue weighted by Crippen LogP contribution is -2.22. The number of benzene rings is 1. The van der Waals surface area contributed by atoms with Crippen LogP contribution >= 0.6 is 11.1 Å². The summed E-state index contributed by atoms with van der Waals surface area (Å²) in [6, 6.07) is 6.58. The van der Waals surface area contributed by atoms with Crippen LogP contribution in [-0.2, 0) is 6.54 Å². The molecule has 0 aliphatic rings. The van der Waals surface area contributed by atoms with E-state index in [9.17, 15) is 14.5 Å². The molecule has 10 heteroatoms. The molecule has 0 radical (unpaired) electrons. The number of aromatic hydroxyl groups is 1. The molecule has 1 amide bonds. The predicted octanol–water partition coefficient (Wildman–Crippen LogP) is 2.29. The predicted molar refractivity (Wildman–Crippen MR) is 99.4 cm³/mol. The zero-order chi connectivity index (χ0) is 19.6. The van der Waals surface area contributed by atoms with E-state index < -0.39 is 11.1 Å². The Morgan fingerprint density at radius 3 is 2.93 bits per heavy atom. The molecule has 1 unspecified atom stereocenters. The summed E-state index contributed by atoms with van der Waals surface area (Å²) in [6.45, 7) is 2.14. The number of furan rings is 1. The fraction of sp³-hybridized carbons (Fsp3) is 0.235. The molecule has 2 heterocycles. The van der Waals surface area contributed by atoms with Gasteiger partial charge < -0.3 is 24.3 Å². The number of nitrogens with one attached hydrogen (secondary N) is 2. The standard InChI is InChI=1S/C17H19N5O4S/c1-10-7-11(26-9-10)8-18-15-16(21-27(25)20-15)19-13-6-4-5-12(14(13)23)17(24)22(2)3/h4-7,9,23H,8H2,1-3H3,(H,18,20)(H,19,21). The Hall–Kier alpha value is -3.11. The number of para-hydroxylation sites is 1. The molecule has 0 bridgehead atoms. The van der Waals surface area contributed by atoms with Crippen molar-refractivity contribution in [3.8, 4) is 5.75 Å². The Bertz CT molecular complexity index is 1030. The van der Waals surface area contributed by atoms with Gasteiger partial charge >= 0.3 is 0 Å². The van der Waals surface area contributed by atoms with Gasteiger partial charge in [0, 0.05) is 18.5 Å². The molecule has 9 nitrogen and oxygen atoms in total. The first-order chi connectivity index (χ1) is 12.8. The van der Waals surface area contributed by atoms with Gasteiger partial charge in [0.25, 0.3) is 5.91 Å². The minimum Gasteiger partial charge on any atom is -0.548 e. The second-order valence-corrected chi connectivity index (χ2v) is 6.96. The number of amides is 1. The number of phenolic OH excluding ortho intramolecular Hbond substituents is 1. The number of aryl methyl sites for hydroxylation is 1. The first-order valence-electron chi connectivity index (χ1n) is 8.02. The minimum absolute atomic E-state index is 0.141. The number of nitrogens with zero attached hydrogens (tertiary/aromatic N) is 3. The molecule has 0 aliphatic heterocycles. The molecule has 27 heavy (non-hydrogen) atoms. The maximum absolute atomic E-state index is 12.1. The summed E-state index contributed by atoms with van der Waals surface area (Å²) >= 11 is -1.68. The van der Waals surface area contributed by atoms with E-state index in [2.05, 4.69) is 19.1 Å². The van der Waals surface area contributed by atoms with Gasteiger partial charge in [-0.15, -0.1) is 4.37 Å². The highest BCUT2D eigenvalue weighted by molar-refractivity contribution is 7.13. The first kappa shape index (κ1) is 18.7. The average Bonchev–Trinajstić information content (AvgIpc) is 3.19. The van der Waals surface area contributed by atoms with Gasteiger partial charge in [-0.1, -0.05) is 6.07 Å². The van der Waals surface area contributed by atoms with Crippen molar-refractivity contribution in [3.05, 3.63) is 52.9 Å². The van der Waals surface area contributed by atoms with E-state index in [1.165, 1.54) is 11.0 Å². The lowest BCUT2D eigenvalue weighted by Gasteiger charge is -2.13. The van der Waals surface area contributed by atoms with E-state index in [1.54, 1.807) is 32.5 Å². The van der Waals surface area contributed by atoms with Gasteiger partial charge in [-0.3, -0.25) is 9.79 Å². The van der Waals surface area contributed by atoms with E-state index >= 15 is 0 Å². The zero-order valence-corrected chi connectivity index (χ0v) is 15.8. The Morgan fingerprint density at radius 2 is 2.26 bits per heavy atom. The Morgan fingerprint density at radius 1 is 1.48 bits per heavy atom. The number of phenols is 1. The molecule has 1 aromatic carbocycles. The average molecular weight is 389 g/mol. The Kier molecular flexibility index (Phi) is 5.28. The molecule has 0 aliphatic carbocycles. The Balaban J connectivity index is 1.91. The van der Waals surface area contributed by atoms with Gasteiger partial charge in [0.2, 0.25) is 11.3 Å². The lowest BCUT2D eigenvalue weighted by molar-refractivity contribution is 0.0824. The molecular weight excluding hydrogens is 370 g/mol. The summed E-state index contributed by atoms with van der Waals surface area (Å²) in [7, 11) is 3.19. The number of carbonyl (C=O) groups is 1. The quantitative estimate of drug-likeness (QED) is 0.453. The van der Waals surface area contributed by atoms with Gasteiger partial charge in [-0.05, 0) is 30.7 Å². The molecule has 0 saturated heterocycles. The molecule has 1 atom stereocenters. The van der Waals surface area contributed by atoms with Gasteiger partial charge in [0.05, 0.1) is 24.1 Å². The van der Waals surface area contributed by atoms with Crippen molar-refractivity contribution in [1.29, 1.82) is 0 Å². The third kappa shape index (κ3) is 4.18. The van der Waals surface area contributed by atoms with Crippen LogP contribution in [-0.4, -0.2) is 43.3 Å². The summed E-state index contributed by atoms with van der Waals surface area (Å²) in [5, 5.41) is 13.3. The highest BCUT2D eigenvalue weighted by Gasteiger charge is 2.18. The van der Waals surface area contributed by atoms with Crippen LogP contribution in [0.15, 0.2) is 39.9 Å². The van der Waals surface area contributed by atoms with Gasteiger partial charge in [-0.25, -0.2) is 0 Å². The van der Waals surface area contributed by atoms with E-state index in [0.29, 0.717) is 5.76 Å². The minimum atomic E-state index is -1.68. The maximum atomic E-state index is 12.1. The van der Waals surface area contributed by atoms with Crippen molar-refractivity contribution in [2.45, 2.75) is 13.5 Å². The fourth-order valence-corrected chi connectivity index (χ4v) is 3.06. The summed E-state index contributed by atoms with van der Waals surface area (Å²) in [5.74, 6) is 0.285. The number of hydrogen-bond donors (Lipinski definition) is 3. The molecular formula is C17H19N5O4S. The van der Waals surface area contributed by atoms with Crippen molar-refractivity contribution in [1.82, 2.24) is 13.6 Å². The third-order valence-electron chi connectivity index (χ3n) is 3.69. The number of hydrogen-bond acceptors (Lipinski definition) is 7. The zero-order valence-electron chi connectivity index (χ0n) is 15.0. The van der Waals surface area contributed by atoms with E-state index in [0.717, 1.165) is 5.56 Å². The van der Waals surface area contributed by atoms with Crippen LogP contribution in [0.4, 0.5) is 11.5 Å². The second kappa shape index (κ2) is 7.64. The SMILES string of the molecule is Cc1coc(CN=c2[nH][s+]([O-])nc2Nc2cccc(C(=O)N(C)C)c2O)c1. The first-order valence-corrected chi connectivity index (χ1v) is 9.12. The molecule has 0 fully saturated rings. The largest absolute Gasteiger partial charge is 0.548 e. The van der Waals surface area contributed by atoms with E-state index in [1.807, 2.05) is 13.0 Å². The van der Waals surface area contributed by atoms with Crippen molar-refractivity contribution >= 4 is 28.6 Å². The normalized spacial score (nSPS) is 12.3. The van der Waals surface area contributed by atoms with Crippen molar-refractivity contribution in [3.63, 3.8) is 0 Å². The van der Waals surface area contributed by atoms with Crippen molar-refractivity contribution in [2.75, 3.05) is 19.4 Å². The third-order valence-corrected chi connectivity index (χ3v) is 4.40. The molecule has 3 aromatic rings. The number of carbonyl (C=O) groups excluding carboxylic acids is 1. The number of rotatable bonds is 5. The number of aromatic nitrogens is 2. The van der Waals surface area contributed by atoms with E-state index in [-0.39, 0.29) is 40.8 Å². The van der Waals surface area contributed by atoms with Crippen LogP contribution in [0.25, 0.3) is 0 Å². The molecule has 3 N–H and O–H groups in total. The van der Waals surface area contributed by atoms with Crippen LogP contribution in [0.3, 0.4) is 0 Å². The molecule has 3 rings (SSSR count). The maximum Gasteiger partial charge on any atom is 0.257 e. The fourth-order valence-electron chi connectivity index (χ4n) is 2.39. The second-order valence-electron chi connectivity index (χ2n) is 6.07. The topological polar surface area (TPSA) is 130 Å². The summed E-state index contributed by atoms with van der Waals surface area (Å²) in [4.78, 5) is 17.8. The molecule has 2 aromatic heterocycles. The summed E-state index contributed by atoms with van der Waals surface area (Å²) in [5.41, 5.74) is 1.64. The van der Waals surface area contributed by atoms with Gasteiger partial charge in [-0.2, -0.15) is 0 Å². The summed E-state index contributed by atoms with van der Waals surface area (Å²) in [6.07, 6.45) is 1.62. The lowest BCUT2D eigenvalue weighted by atomic mass is 10.1. The van der Waals surface area contributed by atoms with Crippen LogP contribution in [0.1, 0.15) is 21.7 Å². The van der Waals surface area contributed by atoms with Gasteiger partial charge in [0.1, 0.15) is 5.76 Å². The number of anilines is 2. The van der Waals surface area contributed by atoms with Crippen LogP contribution < -0.4 is 10.8 Å². The van der Waals surface area contributed by atoms with Crippen molar-refractivity contribution < 1.29 is 18.9 Å². The number of H-pyrrole nitrogens is 1. The summed E-state index contributed by atoms with van der Waals surface area (Å²) < 4.78 is 23.7. The van der Waals surface area contributed by atoms with Crippen LogP contribution in [0, 0.1) is 6.92 Å². The highest BCUT2D eigenvalue weighted by Crippen LogP contribution is 2.30. The smallest absolute Gasteiger partial charge is 0.257 e. The number of aromatic amines is 1. The molecule has 0 saturated carbocycles. The highest BCUT2D eigenvalue weighted by atomic mass is 32.2.